The van der Waals surface area contributed by atoms with Crippen molar-refractivity contribution < 1.29 is 124 Å². The SMILES string of the molecule is OC[C@H]1O[C@@H](O[C@H]2[C@H](O)[C@@H](O)[C@H](O[C@H]3[C@H](O)[C@@H](O)[C@H](O[C@H]4[C@H](O)[C@@H](O)[C@H](O)O[C@@H]4CO)O[C@@H]3CO[C@H]3OC[C@@H](O)[C@H](O)[C@H]3O)O[C@@H]2CO)[C@H](O)[C@@H](O)[C@@H]1O. The van der Waals surface area contributed by atoms with Gasteiger partial charge < -0.3 is 124 Å². The summed E-state index contributed by atoms with van der Waals surface area (Å²) in [6.07, 6.45) is -43.6. The van der Waals surface area contributed by atoms with Gasteiger partial charge in [0.05, 0.1) is 33.0 Å². The number of aliphatic hydroxyl groups is 16. The second-order valence-electron chi connectivity index (χ2n) is 13.5. The highest BCUT2D eigenvalue weighted by molar-refractivity contribution is 4.98. The van der Waals surface area contributed by atoms with Crippen molar-refractivity contribution in [3.63, 3.8) is 0 Å². The molecule has 316 valence electrons. The Morgan fingerprint density at radius 2 is 0.796 bits per heavy atom. The Kier molecular flexibility index (Phi) is 15.3. The quantitative estimate of drug-likeness (QED) is 0.0871. The van der Waals surface area contributed by atoms with Crippen molar-refractivity contribution >= 4 is 0 Å². The van der Waals surface area contributed by atoms with Crippen LogP contribution in [0.25, 0.3) is 0 Å². The molecule has 0 unspecified atom stereocenters. The van der Waals surface area contributed by atoms with Crippen LogP contribution in [-0.4, -0.2) is 262 Å². The summed E-state index contributed by atoms with van der Waals surface area (Å²) < 4.78 is 49.4. The average molecular weight is 799 g/mol. The molecule has 0 amide bonds. The standard InChI is InChI=1S/C29H50O25/c30-1-7-12(35)13(36)19(42)27(49-7)53-23-9(3-32)50-28(20(43)15(23)38)54-24-10(5-47-26-18(41)11(34)6(33)4-46-26)51-29(21(44)16(24)39)52-22-8(2-31)48-25(45)17(40)14(22)37/h6-45H,1-5H2/t6-,7-,8-,9-,10-,11+,12-,13+,14-,15-,16-,17-,18-,19-,20-,21-,22-,23-,24-,25-,26-,27+,28+,29+/m1/s1. The molecule has 5 heterocycles. The molecule has 5 rings (SSSR count). The van der Waals surface area contributed by atoms with E-state index in [2.05, 4.69) is 0 Å². The van der Waals surface area contributed by atoms with E-state index in [1.165, 1.54) is 0 Å². The lowest BCUT2D eigenvalue weighted by Gasteiger charge is -2.49. The number of rotatable bonds is 12. The molecule has 16 N–H and O–H groups in total. The normalized spacial score (nSPS) is 53.3. The number of hydrogen-bond donors (Lipinski definition) is 16. The summed E-state index contributed by atoms with van der Waals surface area (Å²) in [5.41, 5.74) is 0. The van der Waals surface area contributed by atoms with Crippen LogP contribution in [0.4, 0.5) is 0 Å². The highest BCUT2D eigenvalue weighted by Crippen LogP contribution is 2.34. The third kappa shape index (κ3) is 9.00. The van der Waals surface area contributed by atoms with Crippen molar-refractivity contribution in [2.75, 3.05) is 33.0 Å². The van der Waals surface area contributed by atoms with E-state index in [9.17, 15) is 81.7 Å². The molecule has 0 bridgehead atoms. The Morgan fingerprint density at radius 3 is 1.31 bits per heavy atom. The van der Waals surface area contributed by atoms with E-state index in [1.807, 2.05) is 0 Å². The van der Waals surface area contributed by atoms with Crippen LogP contribution in [-0.2, 0) is 42.6 Å². The Labute approximate surface area is 305 Å². The highest BCUT2D eigenvalue weighted by atomic mass is 16.8. The molecule has 0 saturated carbocycles. The monoisotopic (exact) mass is 798 g/mol. The molecular formula is C29H50O25. The summed E-state index contributed by atoms with van der Waals surface area (Å²) in [6.45, 7) is -3.88. The second kappa shape index (κ2) is 18.7. The van der Waals surface area contributed by atoms with Crippen LogP contribution in [0.1, 0.15) is 0 Å². The molecule has 0 aromatic heterocycles. The van der Waals surface area contributed by atoms with Gasteiger partial charge in [-0.15, -0.1) is 0 Å². The fraction of sp³-hybridized carbons (Fsp3) is 1.00. The first-order valence-corrected chi connectivity index (χ1v) is 17.0. The van der Waals surface area contributed by atoms with E-state index in [4.69, 9.17) is 42.6 Å². The van der Waals surface area contributed by atoms with Crippen LogP contribution < -0.4 is 0 Å². The molecule has 0 radical (unpaired) electrons. The minimum Gasteiger partial charge on any atom is -0.394 e. The van der Waals surface area contributed by atoms with Crippen LogP contribution in [0, 0.1) is 0 Å². The fourth-order valence-electron chi connectivity index (χ4n) is 6.65. The number of hydrogen-bond acceptors (Lipinski definition) is 25. The summed E-state index contributed by atoms with van der Waals surface area (Å²) in [4.78, 5) is 0. The summed E-state index contributed by atoms with van der Waals surface area (Å²) in [7, 11) is 0. The molecule has 0 spiro atoms. The molecular weight excluding hydrogens is 748 g/mol. The lowest BCUT2D eigenvalue weighted by atomic mass is 9.95. The van der Waals surface area contributed by atoms with Gasteiger partial charge in [0, 0.05) is 0 Å². The van der Waals surface area contributed by atoms with E-state index in [1.54, 1.807) is 0 Å². The molecule has 0 aromatic rings. The van der Waals surface area contributed by atoms with Gasteiger partial charge in [-0.1, -0.05) is 0 Å². The van der Waals surface area contributed by atoms with Crippen LogP contribution in [0.3, 0.4) is 0 Å². The first kappa shape index (κ1) is 44.1. The highest BCUT2D eigenvalue weighted by Gasteiger charge is 2.55. The zero-order valence-electron chi connectivity index (χ0n) is 28.2. The van der Waals surface area contributed by atoms with Crippen molar-refractivity contribution in [2.45, 2.75) is 147 Å². The van der Waals surface area contributed by atoms with Crippen LogP contribution in [0.5, 0.6) is 0 Å². The minimum atomic E-state index is -2.12. The van der Waals surface area contributed by atoms with Crippen molar-refractivity contribution in [1.29, 1.82) is 0 Å². The molecule has 25 nitrogen and oxygen atoms in total. The van der Waals surface area contributed by atoms with Gasteiger partial charge >= 0.3 is 0 Å². The topological polar surface area (TPSA) is 407 Å². The van der Waals surface area contributed by atoms with Crippen LogP contribution in [0.15, 0.2) is 0 Å². The minimum absolute atomic E-state index is 0.480. The van der Waals surface area contributed by atoms with Crippen LogP contribution in [0.2, 0.25) is 0 Å². The van der Waals surface area contributed by atoms with Gasteiger partial charge in [0.25, 0.3) is 0 Å². The molecule has 5 saturated heterocycles. The average Bonchev–Trinajstić information content (AvgIpc) is 3.16. The van der Waals surface area contributed by atoms with Gasteiger partial charge in [0.1, 0.15) is 116 Å². The van der Waals surface area contributed by atoms with E-state index >= 15 is 0 Å². The van der Waals surface area contributed by atoms with Crippen molar-refractivity contribution in [2.24, 2.45) is 0 Å². The second-order valence-corrected chi connectivity index (χ2v) is 13.5. The molecule has 5 aliphatic heterocycles. The summed E-state index contributed by atoms with van der Waals surface area (Å²) in [5, 5.41) is 165. The van der Waals surface area contributed by atoms with Crippen molar-refractivity contribution in [1.82, 2.24) is 0 Å². The Balaban J connectivity index is 1.34. The predicted octanol–water partition coefficient (Wildman–Crippen LogP) is -11.3. The van der Waals surface area contributed by atoms with Gasteiger partial charge in [0.2, 0.25) is 0 Å². The molecule has 25 heteroatoms. The van der Waals surface area contributed by atoms with E-state index in [0.29, 0.717) is 0 Å². The maximum Gasteiger partial charge on any atom is 0.187 e. The zero-order valence-corrected chi connectivity index (χ0v) is 28.2. The smallest absolute Gasteiger partial charge is 0.187 e. The van der Waals surface area contributed by atoms with Gasteiger partial charge in [-0.25, -0.2) is 0 Å². The summed E-state index contributed by atoms with van der Waals surface area (Å²) >= 11 is 0. The van der Waals surface area contributed by atoms with E-state index < -0.39 is 180 Å². The summed E-state index contributed by atoms with van der Waals surface area (Å²) in [6, 6.07) is 0. The first-order chi connectivity index (χ1) is 25.5. The molecule has 0 aromatic carbocycles. The largest absolute Gasteiger partial charge is 0.394 e. The third-order valence-corrected chi connectivity index (χ3v) is 9.90. The van der Waals surface area contributed by atoms with Crippen molar-refractivity contribution in [3.8, 4) is 0 Å². The Morgan fingerprint density at radius 1 is 0.389 bits per heavy atom. The summed E-state index contributed by atoms with van der Waals surface area (Å²) in [5.74, 6) is 0. The van der Waals surface area contributed by atoms with Crippen LogP contribution >= 0.6 is 0 Å². The van der Waals surface area contributed by atoms with E-state index in [0.717, 1.165) is 0 Å². The Bertz CT molecular complexity index is 1150. The first-order valence-electron chi connectivity index (χ1n) is 17.0. The van der Waals surface area contributed by atoms with Gasteiger partial charge in [0.15, 0.2) is 31.5 Å². The molecule has 24 atom stereocenters. The van der Waals surface area contributed by atoms with Gasteiger partial charge in [-0.2, -0.15) is 0 Å². The molecule has 5 fully saturated rings. The maximum atomic E-state index is 11.3. The molecule has 54 heavy (non-hydrogen) atoms. The van der Waals surface area contributed by atoms with Crippen molar-refractivity contribution in [3.05, 3.63) is 0 Å². The zero-order chi connectivity index (χ0) is 39.8. The Hall–Kier alpha value is -1.00. The van der Waals surface area contributed by atoms with Gasteiger partial charge in [-0.3, -0.25) is 0 Å². The number of ether oxygens (including phenoxy) is 9. The predicted molar refractivity (Wildman–Crippen MR) is 161 cm³/mol. The molecule has 5 aliphatic rings. The maximum absolute atomic E-state index is 11.3. The van der Waals surface area contributed by atoms with Gasteiger partial charge in [-0.05, 0) is 0 Å². The third-order valence-electron chi connectivity index (χ3n) is 9.90. The van der Waals surface area contributed by atoms with E-state index in [-0.39, 0.29) is 0 Å². The lowest BCUT2D eigenvalue weighted by molar-refractivity contribution is -0.390. The molecule has 0 aliphatic carbocycles. The fourth-order valence-corrected chi connectivity index (χ4v) is 6.65. The number of aliphatic hydroxyl groups excluding tert-OH is 16. The lowest BCUT2D eigenvalue weighted by Crippen LogP contribution is -2.67.